The Bertz CT molecular complexity index is 706. The van der Waals surface area contributed by atoms with E-state index in [4.69, 9.17) is 4.74 Å². The van der Waals surface area contributed by atoms with Crippen LogP contribution in [0, 0.1) is 0 Å². The summed E-state index contributed by atoms with van der Waals surface area (Å²) in [7, 11) is 0. The van der Waals surface area contributed by atoms with Gasteiger partial charge in [-0.15, -0.1) is 0 Å². The first-order valence-electron chi connectivity index (χ1n) is 6.04. The molecule has 1 aromatic heterocycles. The number of fused-ring (bicyclic) bond motifs is 1. The SMILES string of the molecule is Brc1cccc(COc2cccc3cccnc23)c1. The van der Waals surface area contributed by atoms with Gasteiger partial charge >= 0.3 is 0 Å². The van der Waals surface area contributed by atoms with Crippen LogP contribution in [0.4, 0.5) is 0 Å². The van der Waals surface area contributed by atoms with Gasteiger partial charge in [-0.3, -0.25) is 4.98 Å². The van der Waals surface area contributed by atoms with E-state index in [-0.39, 0.29) is 0 Å². The third-order valence-electron chi connectivity index (χ3n) is 2.88. The summed E-state index contributed by atoms with van der Waals surface area (Å²) in [4.78, 5) is 4.38. The lowest BCUT2D eigenvalue weighted by Gasteiger charge is -2.08. The molecule has 3 heteroatoms. The van der Waals surface area contributed by atoms with E-state index in [1.54, 1.807) is 6.20 Å². The second-order valence-corrected chi connectivity index (χ2v) is 5.17. The summed E-state index contributed by atoms with van der Waals surface area (Å²) in [6.45, 7) is 0.537. The number of hydrogen-bond acceptors (Lipinski definition) is 2. The molecule has 2 nitrogen and oxygen atoms in total. The average Bonchev–Trinajstić information content (AvgIpc) is 2.45. The molecule has 0 aliphatic heterocycles. The van der Waals surface area contributed by atoms with E-state index in [1.165, 1.54) is 0 Å². The topological polar surface area (TPSA) is 22.1 Å². The summed E-state index contributed by atoms with van der Waals surface area (Å²) in [5, 5.41) is 1.09. The molecule has 0 atom stereocenters. The lowest BCUT2D eigenvalue weighted by Crippen LogP contribution is -1.96. The molecule has 94 valence electrons. The smallest absolute Gasteiger partial charge is 0.146 e. The normalized spacial score (nSPS) is 10.6. The van der Waals surface area contributed by atoms with Gasteiger partial charge in [-0.25, -0.2) is 0 Å². The van der Waals surface area contributed by atoms with E-state index < -0.39 is 0 Å². The molecular formula is C16H12BrNO. The summed E-state index contributed by atoms with van der Waals surface area (Å²) < 4.78 is 6.94. The molecule has 0 aliphatic rings. The number of pyridine rings is 1. The minimum atomic E-state index is 0.537. The maximum atomic E-state index is 5.88. The monoisotopic (exact) mass is 313 g/mol. The van der Waals surface area contributed by atoms with Crippen molar-refractivity contribution in [3.05, 3.63) is 70.8 Å². The molecule has 0 unspecified atom stereocenters. The highest BCUT2D eigenvalue weighted by molar-refractivity contribution is 9.10. The summed E-state index contributed by atoms with van der Waals surface area (Å²) in [5.74, 6) is 0.818. The van der Waals surface area contributed by atoms with Gasteiger partial charge in [0, 0.05) is 16.1 Å². The van der Waals surface area contributed by atoms with E-state index >= 15 is 0 Å². The predicted molar refractivity (Wildman–Crippen MR) is 80.2 cm³/mol. The number of para-hydroxylation sites is 1. The molecule has 3 aromatic rings. The predicted octanol–water partition coefficient (Wildman–Crippen LogP) is 4.58. The minimum absolute atomic E-state index is 0.537. The second kappa shape index (κ2) is 5.41. The number of aromatic nitrogens is 1. The number of hydrogen-bond donors (Lipinski definition) is 0. The minimum Gasteiger partial charge on any atom is -0.487 e. The van der Waals surface area contributed by atoms with Crippen molar-refractivity contribution in [2.45, 2.75) is 6.61 Å². The summed E-state index contributed by atoms with van der Waals surface area (Å²) in [6, 6.07) is 18.0. The van der Waals surface area contributed by atoms with Crippen molar-refractivity contribution in [3.63, 3.8) is 0 Å². The van der Waals surface area contributed by atoms with Gasteiger partial charge in [-0.2, -0.15) is 0 Å². The van der Waals surface area contributed by atoms with Crippen LogP contribution in [0.1, 0.15) is 5.56 Å². The van der Waals surface area contributed by atoms with Crippen molar-refractivity contribution < 1.29 is 4.74 Å². The first-order valence-corrected chi connectivity index (χ1v) is 6.83. The molecule has 2 aromatic carbocycles. The summed E-state index contributed by atoms with van der Waals surface area (Å²) in [6.07, 6.45) is 1.79. The van der Waals surface area contributed by atoms with E-state index in [1.807, 2.05) is 48.5 Å². The van der Waals surface area contributed by atoms with Crippen molar-refractivity contribution in [1.29, 1.82) is 0 Å². The molecule has 0 bridgehead atoms. The summed E-state index contributed by atoms with van der Waals surface area (Å²) >= 11 is 3.46. The fraction of sp³-hybridized carbons (Fsp3) is 0.0625. The van der Waals surface area contributed by atoms with Crippen molar-refractivity contribution in [1.82, 2.24) is 4.98 Å². The first kappa shape index (κ1) is 12.2. The highest BCUT2D eigenvalue weighted by Gasteiger charge is 2.03. The Hall–Kier alpha value is -1.87. The van der Waals surface area contributed by atoms with Crippen LogP contribution in [0.15, 0.2) is 65.3 Å². The van der Waals surface area contributed by atoms with Crippen LogP contribution in [0.2, 0.25) is 0 Å². The zero-order chi connectivity index (χ0) is 13.1. The fourth-order valence-corrected chi connectivity index (χ4v) is 2.43. The third kappa shape index (κ3) is 2.76. The second-order valence-electron chi connectivity index (χ2n) is 4.25. The molecule has 19 heavy (non-hydrogen) atoms. The van der Waals surface area contributed by atoms with Crippen molar-refractivity contribution in [2.75, 3.05) is 0 Å². The Morgan fingerprint density at radius 2 is 1.84 bits per heavy atom. The van der Waals surface area contributed by atoms with Crippen LogP contribution < -0.4 is 4.74 Å². The van der Waals surface area contributed by atoms with Crippen LogP contribution in [0.25, 0.3) is 10.9 Å². The number of benzene rings is 2. The molecule has 0 amide bonds. The highest BCUT2D eigenvalue weighted by atomic mass is 79.9. The Morgan fingerprint density at radius 3 is 2.74 bits per heavy atom. The Kier molecular flexibility index (Phi) is 3.47. The molecule has 0 saturated carbocycles. The van der Waals surface area contributed by atoms with Crippen molar-refractivity contribution >= 4 is 26.8 Å². The van der Waals surface area contributed by atoms with Gasteiger partial charge in [0.05, 0.1) is 0 Å². The van der Waals surface area contributed by atoms with Gasteiger partial charge in [0.25, 0.3) is 0 Å². The van der Waals surface area contributed by atoms with Crippen molar-refractivity contribution in [2.24, 2.45) is 0 Å². The van der Waals surface area contributed by atoms with Gasteiger partial charge in [-0.05, 0) is 29.8 Å². The summed E-state index contributed by atoms with van der Waals surface area (Å²) in [5.41, 5.74) is 2.03. The molecule has 1 heterocycles. The van der Waals surface area contributed by atoms with Gasteiger partial charge in [0.15, 0.2) is 0 Å². The number of nitrogens with zero attached hydrogens (tertiary/aromatic N) is 1. The first-order chi connectivity index (χ1) is 9.33. The van der Waals surface area contributed by atoms with Crippen LogP contribution in [0.5, 0.6) is 5.75 Å². The van der Waals surface area contributed by atoms with E-state index in [9.17, 15) is 0 Å². The molecule has 0 aliphatic carbocycles. The zero-order valence-electron chi connectivity index (χ0n) is 10.2. The largest absolute Gasteiger partial charge is 0.487 e. The van der Waals surface area contributed by atoms with Gasteiger partial charge in [0.2, 0.25) is 0 Å². The maximum absolute atomic E-state index is 5.88. The molecule has 0 spiro atoms. The van der Waals surface area contributed by atoms with E-state index in [0.29, 0.717) is 6.61 Å². The van der Waals surface area contributed by atoms with Gasteiger partial charge in [0.1, 0.15) is 17.9 Å². The Labute approximate surface area is 120 Å². The van der Waals surface area contributed by atoms with Crippen molar-refractivity contribution in [3.8, 4) is 5.75 Å². The lowest BCUT2D eigenvalue weighted by atomic mass is 10.2. The number of rotatable bonds is 3. The Morgan fingerprint density at radius 1 is 1.00 bits per heavy atom. The maximum Gasteiger partial charge on any atom is 0.146 e. The lowest BCUT2D eigenvalue weighted by molar-refractivity contribution is 0.309. The van der Waals surface area contributed by atoms with E-state index in [2.05, 4.69) is 27.0 Å². The average molecular weight is 314 g/mol. The third-order valence-corrected chi connectivity index (χ3v) is 3.37. The number of halogens is 1. The molecule has 0 fully saturated rings. The zero-order valence-corrected chi connectivity index (χ0v) is 11.8. The molecule has 0 N–H and O–H groups in total. The Balaban J connectivity index is 1.86. The van der Waals surface area contributed by atoms with Gasteiger partial charge < -0.3 is 4.74 Å². The van der Waals surface area contributed by atoms with Gasteiger partial charge in [-0.1, -0.05) is 46.3 Å². The van der Waals surface area contributed by atoms with E-state index in [0.717, 1.165) is 26.7 Å². The quantitative estimate of drug-likeness (QED) is 0.706. The number of ether oxygens (including phenoxy) is 1. The van der Waals surface area contributed by atoms with Crippen LogP contribution in [-0.2, 0) is 6.61 Å². The molecule has 3 rings (SSSR count). The molecule has 0 saturated heterocycles. The van der Waals surface area contributed by atoms with Crippen LogP contribution in [0.3, 0.4) is 0 Å². The van der Waals surface area contributed by atoms with Crippen LogP contribution in [-0.4, -0.2) is 4.98 Å². The molecule has 0 radical (unpaired) electrons. The molecular weight excluding hydrogens is 302 g/mol. The standard InChI is InChI=1S/C16H12BrNO/c17-14-7-1-4-12(10-14)11-19-15-8-2-5-13-6-3-9-18-16(13)15/h1-10H,11H2. The highest BCUT2D eigenvalue weighted by Crippen LogP contribution is 2.24. The van der Waals surface area contributed by atoms with Crippen LogP contribution >= 0.6 is 15.9 Å². The fourth-order valence-electron chi connectivity index (χ4n) is 1.98.